The van der Waals surface area contributed by atoms with Crippen LogP contribution in [0.1, 0.15) is 28.8 Å². The maximum atomic E-state index is 10.9. The van der Waals surface area contributed by atoms with Crippen molar-refractivity contribution in [2.75, 3.05) is 6.54 Å². The molecule has 0 atom stereocenters. The van der Waals surface area contributed by atoms with Crippen molar-refractivity contribution in [2.45, 2.75) is 20.0 Å². The molecule has 0 amide bonds. The summed E-state index contributed by atoms with van der Waals surface area (Å²) in [6.07, 6.45) is 2.83. The van der Waals surface area contributed by atoms with E-state index < -0.39 is 5.97 Å². The lowest BCUT2D eigenvalue weighted by Crippen LogP contribution is -2.22. The summed E-state index contributed by atoms with van der Waals surface area (Å²) in [6, 6.07) is 3.70. The van der Waals surface area contributed by atoms with Crippen LogP contribution in [0.3, 0.4) is 0 Å². The van der Waals surface area contributed by atoms with Gasteiger partial charge in [0.25, 0.3) is 0 Å². The van der Waals surface area contributed by atoms with Gasteiger partial charge in [0.2, 0.25) is 0 Å². The van der Waals surface area contributed by atoms with E-state index in [1.807, 2.05) is 24.0 Å². The summed E-state index contributed by atoms with van der Waals surface area (Å²) in [5.74, 6) is 0.157. The Kier molecular flexibility index (Phi) is 3.78. The zero-order valence-corrected chi connectivity index (χ0v) is 10.00. The summed E-state index contributed by atoms with van der Waals surface area (Å²) in [5, 5.41) is 12.5. The fraction of sp³-hybridized carbons (Fsp3) is 0.333. The quantitative estimate of drug-likeness (QED) is 0.844. The Morgan fingerprint density at radius 3 is 2.94 bits per heavy atom. The maximum Gasteiger partial charge on any atom is 0.341 e. The van der Waals surface area contributed by atoms with Gasteiger partial charge in [-0.25, -0.2) is 4.79 Å². The van der Waals surface area contributed by atoms with E-state index in [1.54, 1.807) is 6.26 Å². The minimum atomic E-state index is -1.03. The molecule has 0 aliphatic heterocycles. The fourth-order valence-corrected chi connectivity index (χ4v) is 1.66. The molecule has 0 aliphatic carbocycles. The van der Waals surface area contributed by atoms with Gasteiger partial charge in [-0.2, -0.15) is 0 Å². The third-order valence-electron chi connectivity index (χ3n) is 2.65. The van der Waals surface area contributed by atoms with Crippen LogP contribution in [-0.2, 0) is 13.1 Å². The molecule has 0 saturated heterocycles. The lowest BCUT2D eigenvalue weighted by atomic mass is 10.2. The molecular weight excluding hydrogens is 236 g/mol. The van der Waals surface area contributed by atoms with Gasteiger partial charge in [-0.3, -0.25) is 4.90 Å². The number of hydrogen-bond donors (Lipinski definition) is 1. The van der Waals surface area contributed by atoms with Crippen molar-refractivity contribution in [2.24, 2.45) is 0 Å². The number of aromatic carboxylic acids is 1. The van der Waals surface area contributed by atoms with E-state index in [9.17, 15) is 4.79 Å². The standard InChI is InChI=1S/C12H14N2O4/c1-2-14(7-9-4-3-5-17-9)8-11-10(12(15)16)6-13-18-11/h3-6H,2,7-8H2,1H3,(H,15,16). The van der Waals surface area contributed by atoms with Crippen LogP contribution in [0.5, 0.6) is 0 Å². The number of nitrogens with zero attached hydrogens (tertiary/aromatic N) is 2. The normalized spacial score (nSPS) is 11.0. The third kappa shape index (κ3) is 2.78. The van der Waals surface area contributed by atoms with Crippen LogP contribution in [0.4, 0.5) is 0 Å². The van der Waals surface area contributed by atoms with E-state index in [4.69, 9.17) is 14.0 Å². The number of hydrogen-bond acceptors (Lipinski definition) is 5. The first-order valence-corrected chi connectivity index (χ1v) is 5.62. The van der Waals surface area contributed by atoms with E-state index in [0.717, 1.165) is 12.3 Å². The second kappa shape index (κ2) is 5.50. The molecule has 96 valence electrons. The van der Waals surface area contributed by atoms with Crippen LogP contribution in [0.25, 0.3) is 0 Å². The van der Waals surface area contributed by atoms with Gasteiger partial charge in [-0.05, 0) is 18.7 Å². The molecule has 6 heteroatoms. The van der Waals surface area contributed by atoms with Crippen LogP contribution < -0.4 is 0 Å². The number of aromatic nitrogens is 1. The Bertz CT molecular complexity index is 504. The van der Waals surface area contributed by atoms with Crippen molar-refractivity contribution in [1.82, 2.24) is 10.1 Å². The molecule has 0 aromatic carbocycles. The van der Waals surface area contributed by atoms with E-state index in [0.29, 0.717) is 18.8 Å². The Labute approximate surface area is 104 Å². The molecule has 0 radical (unpaired) electrons. The summed E-state index contributed by atoms with van der Waals surface area (Å²) in [5.41, 5.74) is 0.105. The highest BCUT2D eigenvalue weighted by atomic mass is 16.5. The smallest absolute Gasteiger partial charge is 0.341 e. The molecule has 0 saturated carbocycles. The average molecular weight is 250 g/mol. The number of carboxylic acids is 1. The molecule has 0 aliphatic rings. The second-order valence-corrected chi connectivity index (χ2v) is 3.85. The van der Waals surface area contributed by atoms with Gasteiger partial charge >= 0.3 is 5.97 Å². The highest BCUT2D eigenvalue weighted by Gasteiger charge is 2.18. The van der Waals surface area contributed by atoms with E-state index >= 15 is 0 Å². The Morgan fingerprint density at radius 1 is 1.50 bits per heavy atom. The molecule has 18 heavy (non-hydrogen) atoms. The number of rotatable bonds is 6. The first kappa shape index (κ1) is 12.4. The van der Waals surface area contributed by atoms with Gasteiger partial charge in [-0.1, -0.05) is 12.1 Å². The van der Waals surface area contributed by atoms with Crippen LogP contribution in [0.2, 0.25) is 0 Å². The first-order chi connectivity index (χ1) is 8.70. The van der Waals surface area contributed by atoms with Gasteiger partial charge in [0.05, 0.1) is 25.5 Å². The summed E-state index contributed by atoms with van der Waals surface area (Å²) in [6.45, 7) is 3.72. The van der Waals surface area contributed by atoms with Gasteiger partial charge in [0.15, 0.2) is 5.76 Å². The third-order valence-corrected chi connectivity index (χ3v) is 2.65. The maximum absolute atomic E-state index is 10.9. The minimum Gasteiger partial charge on any atom is -0.478 e. The molecule has 2 aromatic heterocycles. The predicted molar refractivity (Wildman–Crippen MR) is 62.0 cm³/mol. The van der Waals surface area contributed by atoms with E-state index in [1.165, 1.54) is 6.20 Å². The minimum absolute atomic E-state index is 0.105. The fourth-order valence-electron chi connectivity index (χ4n) is 1.66. The SMILES string of the molecule is CCN(Cc1ccco1)Cc1oncc1C(=O)O. The van der Waals surface area contributed by atoms with Gasteiger partial charge in [0.1, 0.15) is 11.3 Å². The number of furan rings is 1. The van der Waals surface area contributed by atoms with Crippen LogP contribution >= 0.6 is 0 Å². The van der Waals surface area contributed by atoms with Crippen molar-refractivity contribution >= 4 is 5.97 Å². The Morgan fingerprint density at radius 2 is 2.33 bits per heavy atom. The molecule has 0 fully saturated rings. The van der Waals surface area contributed by atoms with Gasteiger partial charge < -0.3 is 14.0 Å². The monoisotopic (exact) mass is 250 g/mol. The molecule has 1 N–H and O–H groups in total. The highest BCUT2D eigenvalue weighted by Crippen LogP contribution is 2.13. The summed E-state index contributed by atoms with van der Waals surface area (Å²) in [7, 11) is 0. The topological polar surface area (TPSA) is 79.7 Å². The lowest BCUT2D eigenvalue weighted by Gasteiger charge is -2.17. The summed E-state index contributed by atoms with van der Waals surface area (Å²) < 4.78 is 10.2. The molecule has 0 spiro atoms. The summed E-state index contributed by atoms with van der Waals surface area (Å²) >= 11 is 0. The Hall–Kier alpha value is -2.08. The van der Waals surface area contributed by atoms with Crippen molar-refractivity contribution < 1.29 is 18.8 Å². The van der Waals surface area contributed by atoms with Gasteiger partial charge in [0, 0.05) is 0 Å². The van der Waals surface area contributed by atoms with Crippen molar-refractivity contribution in [3.63, 3.8) is 0 Å². The number of carboxylic acid groups (broad SMARTS) is 1. The Balaban J connectivity index is 2.06. The molecule has 0 bridgehead atoms. The highest BCUT2D eigenvalue weighted by molar-refractivity contribution is 5.88. The predicted octanol–water partition coefficient (Wildman–Crippen LogP) is 1.99. The van der Waals surface area contributed by atoms with Gasteiger partial charge in [-0.15, -0.1) is 0 Å². The molecule has 2 aromatic rings. The lowest BCUT2D eigenvalue weighted by molar-refractivity contribution is 0.0692. The second-order valence-electron chi connectivity index (χ2n) is 3.85. The number of carbonyl (C=O) groups is 1. The van der Waals surface area contributed by atoms with Crippen molar-refractivity contribution in [1.29, 1.82) is 0 Å². The molecule has 0 unspecified atom stereocenters. The first-order valence-electron chi connectivity index (χ1n) is 5.62. The van der Waals surface area contributed by atoms with Crippen LogP contribution in [-0.4, -0.2) is 27.7 Å². The van der Waals surface area contributed by atoms with E-state index in [-0.39, 0.29) is 5.56 Å². The molecule has 2 heterocycles. The van der Waals surface area contributed by atoms with E-state index in [2.05, 4.69) is 5.16 Å². The van der Waals surface area contributed by atoms with Crippen LogP contribution in [0, 0.1) is 0 Å². The average Bonchev–Trinajstić information content (AvgIpc) is 2.98. The zero-order chi connectivity index (χ0) is 13.0. The largest absolute Gasteiger partial charge is 0.478 e. The van der Waals surface area contributed by atoms with Crippen molar-refractivity contribution in [3.05, 3.63) is 41.7 Å². The van der Waals surface area contributed by atoms with Crippen molar-refractivity contribution in [3.8, 4) is 0 Å². The zero-order valence-electron chi connectivity index (χ0n) is 10.00. The molecule has 2 rings (SSSR count). The molecule has 6 nitrogen and oxygen atoms in total. The van der Waals surface area contributed by atoms with Crippen LogP contribution in [0.15, 0.2) is 33.5 Å². The summed E-state index contributed by atoms with van der Waals surface area (Å²) in [4.78, 5) is 12.9. The molecular formula is C12H14N2O4.